The van der Waals surface area contributed by atoms with Crippen molar-refractivity contribution in [2.45, 2.75) is 6.54 Å². The van der Waals surface area contributed by atoms with Gasteiger partial charge in [0.15, 0.2) is 0 Å². The van der Waals surface area contributed by atoms with Gasteiger partial charge in [-0.25, -0.2) is 9.29 Å². The first-order chi connectivity index (χ1) is 14.0. The normalized spacial score (nSPS) is 12.8. The highest BCUT2D eigenvalue weighted by atomic mass is 19.1. The molecule has 3 aromatic rings. The van der Waals surface area contributed by atoms with E-state index in [1.807, 2.05) is 0 Å². The summed E-state index contributed by atoms with van der Waals surface area (Å²) in [5.74, 6) is -1.49. The van der Waals surface area contributed by atoms with Crippen molar-refractivity contribution in [3.05, 3.63) is 101 Å². The van der Waals surface area contributed by atoms with E-state index in [1.165, 1.54) is 23.1 Å². The molecule has 0 N–H and O–H groups in total. The average molecular weight is 388 g/mol. The summed E-state index contributed by atoms with van der Waals surface area (Å²) in [5, 5.41) is 0. The van der Waals surface area contributed by atoms with Crippen LogP contribution in [0.25, 0.3) is 0 Å². The zero-order valence-corrected chi connectivity index (χ0v) is 15.6. The lowest BCUT2D eigenvalue weighted by Gasteiger charge is -2.19. The standard InChI is InChI=1S/C23H17FN2O3/c1-25(14-15-6-4-8-17(24)12-15)21(27)16-7-5-9-18(13-16)26-22(28)19-10-2-3-11-20(19)23(26)29/h2-13H,14H2,1H3. The van der Waals surface area contributed by atoms with Gasteiger partial charge in [-0.3, -0.25) is 14.4 Å². The van der Waals surface area contributed by atoms with Gasteiger partial charge < -0.3 is 4.90 Å². The number of fused-ring (bicyclic) bond motifs is 1. The zero-order chi connectivity index (χ0) is 20.5. The van der Waals surface area contributed by atoms with Crippen molar-refractivity contribution < 1.29 is 18.8 Å². The first kappa shape index (κ1) is 18.6. The van der Waals surface area contributed by atoms with Crippen molar-refractivity contribution in [2.24, 2.45) is 0 Å². The number of benzene rings is 3. The van der Waals surface area contributed by atoms with Crippen molar-refractivity contribution in [2.75, 3.05) is 11.9 Å². The molecule has 6 heteroatoms. The molecule has 0 saturated heterocycles. The van der Waals surface area contributed by atoms with Gasteiger partial charge in [0, 0.05) is 19.2 Å². The Balaban J connectivity index is 1.58. The summed E-state index contributed by atoms with van der Waals surface area (Å²) < 4.78 is 13.4. The molecule has 0 unspecified atom stereocenters. The van der Waals surface area contributed by atoms with Crippen LogP contribution in [0.5, 0.6) is 0 Å². The van der Waals surface area contributed by atoms with Crippen LogP contribution in [-0.2, 0) is 6.54 Å². The maximum atomic E-state index is 13.4. The minimum absolute atomic E-state index is 0.230. The number of amides is 3. The number of anilines is 1. The van der Waals surface area contributed by atoms with E-state index in [0.717, 1.165) is 4.90 Å². The van der Waals surface area contributed by atoms with Crippen LogP contribution in [0.1, 0.15) is 36.6 Å². The van der Waals surface area contributed by atoms with Crippen LogP contribution >= 0.6 is 0 Å². The van der Waals surface area contributed by atoms with Crippen LogP contribution in [0.4, 0.5) is 10.1 Å². The van der Waals surface area contributed by atoms with Crippen molar-refractivity contribution in [3.63, 3.8) is 0 Å². The third kappa shape index (κ3) is 3.40. The summed E-state index contributed by atoms with van der Waals surface area (Å²) in [6.07, 6.45) is 0. The minimum Gasteiger partial charge on any atom is -0.337 e. The summed E-state index contributed by atoms with van der Waals surface area (Å²) in [7, 11) is 1.61. The first-order valence-corrected chi connectivity index (χ1v) is 9.03. The topological polar surface area (TPSA) is 57.7 Å². The molecule has 0 saturated carbocycles. The number of hydrogen-bond acceptors (Lipinski definition) is 3. The smallest absolute Gasteiger partial charge is 0.266 e. The van der Waals surface area contributed by atoms with Gasteiger partial charge in [-0.1, -0.05) is 30.3 Å². The van der Waals surface area contributed by atoms with Gasteiger partial charge >= 0.3 is 0 Å². The molecular formula is C23H17FN2O3. The quantitative estimate of drug-likeness (QED) is 0.637. The largest absolute Gasteiger partial charge is 0.337 e. The molecule has 29 heavy (non-hydrogen) atoms. The predicted octanol–water partition coefficient (Wildman–Crippen LogP) is 3.90. The van der Waals surface area contributed by atoms with E-state index in [-0.39, 0.29) is 18.3 Å². The Hall–Kier alpha value is -3.80. The molecule has 3 aromatic carbocycles. The van der Waals surface area contributed by atoms with Gasteiger partial charge in [0.2, 0.25) is 0 Å². The number of hydrogen-bond donors (Lipinski definition) is 0. The number of nitrogens with zero attached hydrogens (tertiary/aromatic N) is 2. The number of imide groups is 1. The molecule has 0 aliphatic carbocycles. The molecule has 0 fully saturated rings. The lowest BCUT2D eigenvalue weighted by molar-refractivity contribution is 0.0783. The van der Waals surface area contributed by atoms with Crippen LogP contribution in [-0.4, -0.2) is 29.7 Å². The van der Waals surface area contributed by atoms with E-state index in [2.05, 4.69) is 0 Å². The lowest BCUT2D eigenvalue weighted by Crippen LogP contribution is -2.30. The number of rotatable bonds is 4. The van der Waals surface area contributed by atoms with Crippen molar-refractivity contribution in [1.82, 2.24) is 4.90 Å². The Labute approximate surface area is 167 Å². The van der Waals surface area contributed by atoms with E-state index in [4.69, 9.17) is 0 Å². The summed E-state index contributed by atoms with van der Waals surface area (Å²) in [4.78, 5) is 40.7. The van der Waals surface area contributed by atoms with E-state index < -0.39 is 11.8 Å². The Morgan fingerprint density at radius 3 is 2.21 bits per heavy atom. The molecule has 144 valence electrons. The van der Waals surface area contributed by atoms with Crippen LogP contribution in [0, 0.1) is 5.82 Å². The molecule has 1 aliphatic rings. The third-order valence-electron chi connectivity index (χ3n) is 4.80. The number of carbonyl (C=O) groups is 3. The summed E-state index contributed by atoms with van der Waals surface area (Å²) in [5.41, 5.74) is 2.02. The van der Waals surface area contributed by atoms with Gasteiger partial charge in [0.1, 0.15) is 5.82 Å². The highest BCUT2D eigenvalue weighted by molar-refractivity contribution is 6.34. The lowest BCUT2D eigenvalue weighted by atomic mass is 10.1. The summed E-state index contributed by atoms with van der Waals surface area (Å²) in [6, 6.07) is 19.0. The molecule has 0 atom stereocenters. The second kappa shape index (κ2) is 7.31. The Kier molecular flexibility index (Phi) is 4.68. The number of carbonyl (C=O) groups excluding carboxylic acids is 3. The first-order valence-electron chi connectivity index (χ1n) is 9.03. The SMILES string of the molecule is CN(Cc1cccc(F)c1)C(=O)c1cccc(N2C(=O)c3ccccc3C2=O)c1. The van der Waals surface area contributed by atoms with Gasteiger partial charge in [0.25, 0.3) is 17.7 Å². The fourth-order valence-electron chi connectivity index (χ4n) is 3.40. The van der Waals surface area contributed by atoms with Gasteiger partial charge in [-0.05, 0) is 48.0 Å². The maximum Gasteiger partial charge on any atom is 0.266 e. The Morgan fingerprint density at radius 1 is 0.897 bits per heavy atom. The molecule has 5 nitrogen and oxygen atoms in total. The average Bonchev–Trinajstić information content (AvgIpc) is 2.98. The highest BCUT2D eigenvalue weighted by Crippen LogP contribution is 2.29. The van der Waals surface area contributed by atoms with Crippen LogP contribution < -0.4 is 4.90 Å². The molecule has 0 aromatic heterocycles. The summed E-state index contributed by atoms with van der Waals surface area (Å²) >= 11 is 0. The van der Waals surface area contributed by atoms with Crippen molar-refractivity contribution >= 4 is 23.4 Å². The fourth-order valence-corrected chi connectivity index (χ4v) is 3.40. The molecule has 4 rings (SSSR count). The minimum atomic E-state index is -0.414. The van der Waals surface area contributed by atoms with E-state index in [0.29, 0.717) is 27.9 Å². The molecule has 0 bridgehead atoms. The molecular weight excluding hydrogens is 371 g/mol. The van der Waals surface area contributed by atoms with Gasteiger partial charge in [-0.15, -0.1) is 0 Å². The van der Waals surface area contributed by atoms with Gasteiger partial charge in [0.05, 0.1) is 16.8 Å². The molecule has 1 heterocycles. The monoisotopic (exact) mass is 388 g/mol. The van der Waals surface area contributed by atoms with Crippen molar-refractivity contribution in [1.29, 1.82) is 0 Å². The number of halogens is 1. The molecule has 3 amide bonds. The molecule has 0 spiro atoms. The third-order valence-corrected chi connectivity index (χ3v) is 4.80. The molecule has 0 radical (unpaired) electrons. The van der Waals surface area contributed by atoms with E-state index >= 15 is 0 Å². The van der Waals surface area contributed by atoms with Crippen LogP contribution in [0.15, 0.2) is 72.8 Å². The van der Waals surface area contributed by atoms with E-state index in [1.54, 1.807) is 61.6 Å². The zero-order valence-electron chi connectivity index (χ0n) is 15.6. The van der Waals surface area contributed by atoms with Crippen LogP contribution in [0.3, 0.4) is 0 Å². The Bertz CT molecular complexity index is 1110. The van der Waals surface area contributed by atoms with Gasteiger partial charge in [-0.2, -0.15) is 0 Å². The highest BCUT2D eigenvalue weighted by Gasteiger charge is 2.36. The second-order valence-corrected chi connectivity index (χ2v) is 6.83. The second-order valence-electron chi connectivity index (χ2n) is 6.83. The fraction of sp³-hybridized carbons (Fsp3) is 0.0870. The Morgan fingerprint density at radius 2 is 1.55 bits per heavy atom. The molecule has 1 aliphatic heterocycles. The maximum absolute atomic E-state index is 13.4. The van der Waals surface area contributed by atoms with E-state index in [9.17, 15) is 18.8 Å². The summed E-state index contributed by atoms with van der Waals surface area (Å²) in [6.45, 7) is 0.230. The predicted molar refractivity (Wildman–Crippen MR) is 106 cm³/mol. The van der Waals surface area contributed by atoms with Crippen molar-refractivity contribution in [3.8, 4) is 0 Å². The van der Waals surface area contributed by atoms with Crippen LogP contribution in [0.2, 0.25) is 0 Å².